The number of nitrogens with one attached hydrogen (secondary N) is 2. The number of rotatable bonds is 6. The first-order valence-corrected chi connectivity index (χ1v) is 11.4. The summed E-state index contributed by atoms with van der Waals surface area (Å²) < 4.78 is 0. The number of likely N-dealkylation sites (tertiary alicyclic amines) is 1. The number of hydrogen-bond donors (Lipinski definition) is 2. The van der Waals surface area contributed by atoms with Crippen LogP contribution in [-0.4, -0.2) is 53.5 Å². The Labute approximate surface area is 192 Å². The standard InChI is InChI=1S/C23H27Cl2N5O/c1-3-15-12-28-23-20(6-7-26-23)22(15)29(2)19-5-4-8-30(14-19)21(31)13-27-18-10-16(24)9-17(25)11-18/h6-7,9-12,19,27H,3-5,8,13-14H2,1-2H3,(H,26,28). The third-order valence-electron chi connectivity index (χ3n) is 5.97. The summed E-state index contributed by atoms with van der Waals surface area (Å²) in [6.07, 6.45) is 6.83. The molecule has 8 heteroatoms. The number of benzene rings is 1. The van der Waals surface area contributed by atoms with Crippen LogP contribution in [0.3, 0.4) is 0 Å². The highest BCUT2D eigenvalue weighted by Gasteiger charge is 2.28. The van der Waals surface area contributed by atoms with E-state index in [1.54, 1.807) is 18.2 Å². The molecule has 1 unspecified atom stereocenters. The van der Waals surface area contributed by atoms with Crippen LogP contribution in [0.25, 0.3) is 11.0 Å². The summed E-state index contributed by atoms with van der Waals surface area (Å²) in [6, 6.07) is 7.55. The predicted molar refractivity (Wildman–Crippen MR) is 128 cm³/mol. The Morgan fingerprint density at radius 2 is 2.10 bits per heavy atom. The third kappa shape index (κ3) is 4.75. The van der Waals surface area contributed by atoms with Crippen molar-refractivity contribution in [3.8, 4) is 0 Å². The van der Waals surface area contributed by atoms with Crippen LogP contribution in [0.5, 0.6) is 0 Å². The second-order valence-electron chi connectivity index (χ2n) is 7.98. The number of aromatic amines is 1. The van der Waals surface area contributed by atoms with Crippen molar-refractivity contribution in [2.45, 2.75) is 32.2 Å². The number of carbonyl (C=O) groups is 1. The molecule has 1 fully saturated rings. The van der Waals surface area contributed by atoms with Crippen molar-refractivity contribution in [3.63, 3.8) is 0 Å². The lowest BCUT2D eigenvalue weighted by molar-refractivity contribution is -0.130. The lowest BCUT2D eigenvalue weighted by Crippen LogP contribution is -2.50. The Balaban J connectivity index is 1.46. The molecule has 1 saturated heterocycles. The molecule has 0 radical (unpaired) electrons. The van der Waals surface area contributed by atoms with Crippen molar-refractivity contribution in [1.29, 1.82) is 0 Å². The van der Waals surface area contributed by atoms with Gasteiger partial charge in [0.1, 0.15) is 5.65 Å². The van der Waals surface area contributed by atoms with E-state index >= 15 is 0 Å². The fraction of sp³-hybridized carbons (Fsp3) is 0.391. The van der Waals surface area contributed by atoms with Crippen LogP contribution in [0.2, 0.25) is 10.0 Å². The molecular formula is C23H27Cl2N5O. The number of halogens is 2. The number of aromatic nitrogens is 2. The van der Waals surface area contributed by atoms with Gasteiger partial charge in [-0.05, 0) is 49.1 Å². The van der Waals surface area contributed by atoms with E-state index in [0.29, 0.717) is 16.6 Å². The van der Waals surface area contributed by atoms with Crippen molar-refractivity contribution in [3.05, 3.63) is 52.3 Å². The average molecular weight is 460 g/mol. The largest absolute Gasteiger partial charge is 0.376 e. The van der Waals surface area contributed by atoms with Crippen LogP contribution in [0.15, 0.2) is 36.7 Å². The maximum Gasteiger partial charge on any atom is 0.241 e. The fourth-order valence-electron chi connectivity index (χ4n) is 4.34. The number of likely N-dealkylation sites (N-methyl/N-ethyl adjacent to an activating group) is 1. The van der Waals surface area contributed by atoms with E-state index in [4.69, 9.17) is 23.2 Å². The van der Waals surface area contributed by atoms with Gasteiger partial charge in [-0.1, -0.05) is 30.1 Å². The Hall–Kier alpha value is -2.44. The van der Waals surface area contributed by atoms with Gasteiger partial charge >= 0.3 is 0 Å². The summed E-state index contributed by atoms with van der Waals surface area (Å²) in [6.45, 7) is 3.84. The summed E-state index contributed by atoms with van der Waals surface area (Å²) in [7, 11) is 2.13. The molecule has 3 aromatic rings. The van der Waals surface area contributed by atoms with E-state index in [0.717, 1.165) is 42.5 Å². The molecule has 1 aliphatic heterocycles. The highest BCUT2D eigenvalue weighted by atomic mass is 35.5. The van der Waals surface area contributed by atoms with Gasteiger partial charge in [0.05, 0.1) is 12.2 Å². The molecule has 1 atom stereocenters. The Morgan fingerprint density at radius 1 is 1.32 bits per heavy atom. The molecule has 164 valence electrons. The van der Waals surface area contributed by atoms with Crippen LogP contribution in [0.4, 0.5) is 11.4 Å². The zero-order chi connectivity index (χ0) is 22.0. The van der Waals surface area contributed by atoms with Gasteiger partial charge < -0.3 is 20.1 Å². The third-order valence-corrected chi connectivity index (χ3v) is 6.41. The number of piperidine rings is 1. The molecule has 0 aliphatic carbocycles. The number of hydrogen-bond acceptors (Lipinski definition) is 4. The molecule has 31 heavy (non-hydrogen) atoms. The van der Waals surface area contributed by atoms with E-state index < -0.39 is 0 Å². The van der Waals surface area contributed by atoms with Crippen LogP contribution >= 0.6 is 23.2 Å². The van der Waals surface area contributed by atoms with Crippen LogP contribution < -0.4 is 10.2 Å². The smallest absolute Gasteiger partial charge is 0.241 e. The first kappa shape index (κ1) is 21.8. The van der Waals surface area contributed by atoms with E-state index in [9.17, 15) is 4.79 Å². The summed E-state index contributed by atoms with van der Waals surface area (Å²) in [5.74, 6) is 0.0754. The molecule has 2 aromatic heterocycles. The van der Waals surface area contributed by atoms with Crippen molar-refractivity contribution in [1.82, 2.24) is 14.9 Å². The Bertz CT molecular complexity index is 1060. The lowest BCUT2D eigenvalue weighted by Gasteiger charge is -2.39. The lowest BCUT2D eigenvalue weighted by atomic mass is 10.0. The number of fused-ring (bicyclic) bond motifs is 1. The van der Waals surface area contributed by atoms with Gasteiger partial charge in [-0.3, -0.25) is 4.79 Å². The number of nitrogens with zero attached hydrogens (tertiary/aromatic N) is 3. The van der Waals surface area contributed by atoms with Crippen LogP contribution in [-0.2, 0) is 11.2 Å². The molecule has 2 N–H and O–H groups in total. The summed E-state index contributed by atoms with van der Waals surface area (Å²) in [5.41, 5.74) is 4.07. The molecule has 0 saturated carbocycles. The van der Waals surface area contributed by atoms with Gasteiger partial charge in [-0.2, -0.15) is 0 Å². The van der Waals surface area contributed by atoms with Gasteiger partial charge in [0.25, 0.3) is 0 Å². The van der Waals surface area contributed by atoms with E-state index in [-0.39, 0.29) is 18.5 Å². The number of carbonyl (C=O) groups excluding carboxylic acids is 1. The molecular weight excluding hydrogens is 433 g/mol. The molecule has 1 aliphatic rings. The molecule has 6 nitrogen and oxygen atoms in total. The van der Waals surface area contributed by atoms with Gasteiger partial charge in [0.2, 0.25) is 5.91 Å². The molecule has 0 bridgehead atoms. The van der Waals surface area contributed by atoms with Crippen molar-refractivity contribution in [2.75, 3.05) is 36.9 Å². The second kappa shape index (κ2) is 9.37. The van der Waals surface area contributed by atoms with Crippen LogP contribution in [0, 0.1) is 0 Å². The summed E-state index contributed by atoms with van der Waals surface area (Å²) in [4.78, 5) is 24.9. The summed E-state index contributed by atoms with van der Waals surface area (Å²) in [5, 5.41) is 5.37. The topological polar surface area (TPSA) is 64.3 Å². The molecule has 4 rings (SSSR count). The fourth-order valence-corrected chi connectivity index (χ4v) is 4.86. The van der Waals surface area contributed by atoms with Gasteiger partial charge in [-0.25, -0.2) is 4.98 Å². The maximum atomic E-state index is 12.9. The monoisotopic (exact) mass is 459 g/mol. The SMILES string of the molecule is CCc1cnc2[nH]ccc2c1N(C)C1CCCN(C(=O)CNc2cc(Cl)cc(Cl)c2)C1. The Morgan fingerprint density at radius 3 is 2.84 bits per heavy atom. The minimum absolute atomic E-state index is 0.0754. The van der Waals surface area contributed by atoms with E-state index in [2.05, 4.69) is 40.2 Å². The van der Waals surface area contributed by atoms with Crippen LogP contribution in [0.1, 0.15) is 25.3 Å². The molecule has 3 heterocycles. The molecule has 1 amide bonds. The number of amides is 1. The normalized spacial score (nSPS) is 16.5. The second-order valence-corrected chi connectivity index (χ2v) is 8.86. The zero-order valence-electron chi connectivity index (χ0n) is 17.8. The van der Waals surface area contributed by atoms with Gasteiger partial charge in [0.15, 0.2) is 0 Å². The minimum atomic E-state index is 0.0754. The highest BCUT2D eigenvalue weighted by molar-refractivity contribution is 6.35. The van der Waals surface area contributed by atoms with Crippen molar-refractivity contribution in [2.24, 2.45) is 0 Å². The number of anilines is 2. The predicted octanol–water partition coefficient (Wildman–Crippen LogP) is 4.97. The van der Waals surface area contributed by atoms with Crippen molar-refractivity contribution >= 4 is 51.5 Å². The van der Waals surface area contributed by atoms with E-state index in [1.165, 1.54) is 11.3 Å². The quantitative estimate of drug-likeness (QED) is 0.545. The van der Waals surface area contributed by atoms with Crippen molar-refractivity contribution < 1.29 is 4.79 Å². The van der Waals surface area contributed by atoms with Gasteiger partial charge in [-0.15, -0.1) is 0 Å². The maximum absolute atomic E-state index is 12.9. The first-order chi connectivity index (χ1) is 15.0. The van der Waals surface area contributed by atoms with E-state index in [1.807, 2.05) is 17.3 Å². The number of aryl methyl sites for hydroxylation is 1. The zero-order valence-corrected chi connectivity index (χ0v) is 19.3. The number of pyridine rings is 1. The average Bonchev–Trinajstić information content (AvgIpc) is 3.24. The first-order valence-electron chi connectivity index (χ1n) is 10.6. The summed E-state index contributed by atoms with van der Waals surface area (Å²) >= 11 is 12.1. The number of H-pyrrole nitrogens is 1. The molecule has 0 spiro atoms. The minimum Gasteiger partial charge on any atom is -0.376 e. The Kier molecular flexibility index (Phi) is 6.58. The highest BCUT2D eigenvalue weighted by Crippen LogP contribution is 2.32. The molecule has 1 aromatic carbocycles. The van der Waals surface area contributed by atoms with Gasteiger partial charge in [0, 0.05) is 59.7 Å².